The van der Waals surface area contributed by atoms with Gasteiger partial charge in [0.25, 0.3) is 5.91 Å². The number of carbonyl (C=O) groups is 1. The second-order valence-corrected chi connectivity index (χ2v) is 6.22. The number of aromatic nitrogens is 1. The number of furan rings is 1. The minimum Gasteiger partial charge on any atom is -0.462 e. The molecular weight excluding hydrogens is 320 g/mol. The molecule has 2 heterocycles. The van der Waals surface area contributed by atoms with Crippen LogP contribution in [0.4, 0.5) is 0 Å². The Labute approximate surface area is 136 Å². The third-order valence-corrected chi connectivity index (χ3v) is 4.53. The van der Waals surface area contributed by atoms with Crippen LogP contribution < -0.4 is 5.32 Å². The zero-order chi connectivity index (χ0) is 15.5. The lowest BCUT2D eigenvalue weighted by Crippen LogP contribution is -2.22. The van der Waals surface area contributed by atoms with Crippen molar-refractivity contribution < 1.29 is 9.21 Å². The molecule has 1 amide bonds. The van der Waals surface area contributed by atoms with Crippen LogP contribution in [0.3, 0.4) is 0 Å². The molecule has 0 saturated carbocycles. The molecular formula is C16H13ClN2O2S. The van der Waals surface area contributed by atoms with Crippen molar-refractivity contribution >= 4 is 28.8 Å². The average molecular weight is 333 g/mol. The number of nitrogens with zero attached hydrogens (tertiary/aromatic N) is 1. The molecule has 2 aromatic heterocycles. The molecule has 3 aromatic rings. The van der Waals surface area contributed by atoms with Crippen molar-refractivity contribution in [3.05, 3.63) is 63.8 Å². The molecule has 22 heavy (non-hydrogen) atoms. The van der Waals surface area contributed by atoms with Crippen molar-refractivity contribution in [3.8, 4) is 10.8 Å². The Morgan fingerprint density at radius 2 is 2.23 bits per heavy atom. The molecule has 1 N–H and O–H groups in total. The topological polar surface area (TPSA) is 55.1 Å². The zero-order valence-corrected chi connectivity index (χ0v) is 13.4. The number of carbonyl (C=O) groups excluding carboxylic acids is 1. The molecule has 1 aromatic carbocycles. The molecule has 6 heteroatoms. The van der Waals surface area contributed by atoms with E-state index in [2.05, 4.69) is 10.3 Å². The van der Waals surface area contributed by atoms with E-state index in [1.165, 1.54) is 11.3 Å². The monoisotopic (exact) mass is 332 g/mol. The highest BCUT2D eigenvalue weighted by molar-refractivity contribution is 7.15. The highest BCUT2D eigenvalue weighted by Crippen LogP contribution is 2.28. The van der Waals surface area contributed by atoms with Gasteiger partial charge in [-0.15, -0.1) is 11.3 Å². The number of hydrogen-bond acceptors (Lipinski definition) is 4. The maximum Gasteiger partial charge on any atom is 0.251 e. The van der Waals surface area contributed by atoms with E-state index >= 15 is 0 Å². The molecule has 0 saturated heterocycles. The summed E-state index contributed by atoms with van der Waals surface area (Å²) in [5, 5.41) is 4.24. The standard InChI is InChI=1S/C16H13ClN2O2S/c1-10-14(22-16(19-10)13-6-3-7-21-13)9-18-15(20)11-4-2-5-12(17)8-11/h2-8H,9H2,1H3,(H,18,20). The average Bonchev–Trinajstić information content (AvgIpc) is 3.14. The van der Waals surface area contributed by atoms with E-state index in [9.17, 15) is 4.79 Å². The minimum absolute atomic E-state index is 0.158. The highest BCUT2D eigenvalue weighted by atomic mass is 35.5. The fourth-order valence-electron chi connectivity index (χ4n) is 1.99. The fourth-order valence-corrected chi connectivity index (χ4v) is 3.15. The van der Waals surface area contributed by atoms with Crippen LogP contribution in [0.5, 0.6) is 0 Å². The van der Waals surface area contributed by atoms with Crippen LogP contribution in [0, 0.1) is 6.92 Å². The second-order valence-electron chi connectivity index (χ2n) is 4.70. The van der Waals surface area contributed by atoms with E-state index < -0.39 is 0 Å². The Bertz CT molecular complexity index is 796. The summed E-state index contributed by atoms with van der Waals surface area (Å²) in [6, 6.07) is 10.6. The molecule has 0 aliphatic carbocycles. The Balaban J connectivity index is 1.70. The summed E-state index contributed by atoms with van der Waals surface area (Å²) < 4.78 is 5.34. The largest absolute Gasteiger partial charge is 0.462 e. The normalized spacial score (nSPS) is 10.6. The maximum absolute atomic E-state index is 12.1. The van der Waals surface area contributed by atoms with Gasteiger partial charge in [-0.2, -0.15) is 0 Å². The number of halogens is 1. The first kappa shape index (κ1) is 14.8. The molecule has 0 spiro atoms. The van der Waals surface area contributed by atoms with Gasteiger partial charge >= 0.3 is 0 Å². The number of rotatable bonds is 4. The van der Waals surface area contributed by atoms with Gasteiger partial charge in [0.1, 0.15) is 0 Å². The van der Waals surface area contributed by atoms with Gasteiger partial charge in [-0.25, -0.2) is 4.98 Å². The van der Waals surface area contributed by atoms with Gasteiger partial charge in [-0.3, -0.25) is 4.79 Å². The van der Waals surface area contributed by atoms with Crippen molar-refractivity contribution in [1.82, 2.24) is 10.3 Å². The molecule has 3 rings (SSSR count). The third-order valence-electron chi connectivity index (χ3n) is 3.12. The summed E-state index contributed by atoms with van der Waals surface area (Å²) in [6.45, 7) is 2.35. The molecule has 112 valence electrons. The molecule has 0 aliphatic rings. The minimum atomic E-state index is -0.158. The van der Waals surface area contributed by atoms with Crippen molar-refractivity contribution in [1.29, 1.82) is 0 Å². The summed E-state index contributed by atoms with van der Waals surface area (Å²) >= 11 is 7.41. The quantitative estimate of drug-likeness (QED) is 0.775. The number of benzene rings is 1. The molecule has 0 radical (unpaired) electrons. The van der Waals surface area contributed by atoms with Crippen LogP contribution in [0.1, 0.15) is 20.9 Å². The van der Waals surface area contributed by atoms with Crippen molar-refractivity contribution in [2.45, 2.75) is 13.5 Å². The van der Waals surface area contributed by atoms with Gasteiger partial charge < -0.3 is 9.73 Å². The number of nitrogens with one attached hydrogen (secondary N) is 1. The number of thiazole rings is 1. The fraction of sp³-hybridized carbons (Fsp3) is 0.125. The van der Waals surface area contributed by atoms with Crippen LogP contribution in [0.15, 0.2) is 47.1 Å². The first-order chi connectivity index (χ1) is 10.6. The lowest BCUT2D eigenvalue weighted by Gasteiger charge is -2.04. The molecule has 4 nitrogen and oxygen atoms in total. The summed E-state index contributed by atoms with van der Waals surface area (Å²) in [4.78, 5) is 17.6. The van der Waals surface area contributed by atoms with Crippen LogP contribution in [0.25, 0.3) is 10.8 Å². The van der Waals surface area contributed by atoms with Gasteiger partial charge in [-0.1, -0.05) is 17.7 Å². The Morgan fingerprint density at radius 3 is 2.95 bits per heavy atom. The predicted molar refractivity (Wildman–Crippen MR) is 87.2 cm³/mol. The van der Waals surface area contributed by atoms with Gasteiger partial charge in [0.15, 0.2) is 10.8 Å². The number of amides is 1. The van der Waals surface area contributed by atoms with E-state index in [4.69, 9.17) is 16.0 Å². The second kappa shape index (κ2) is 6.34. The zero-order valence-electron chi connectivity index (χ0n) is 11.8. The summed E-state index contributed by atoms with van der Waals surface area (Å²) in [6.07, 6.45) is 1.62. The number of hydrogen-bond donors (Lipinski definition) is 1. The van der Waals surface area contributed by atoms with E-state index in [0.29, 0.717) is 17.1 Å². The summed E-state index contributed by atoms with van der Waals surface area (Å²) in [5.74, 6) is 0.579. The smallest absolute Gasteiger partial charge is 0.251 e. The summed E-state index contributed by atoms with van der Waals surface area (Å²) in [7, 11) is 0. The van der Waals surface area contributed by atoms with Crippen LogP contribution in [0.2, 0.25) is 5.02 Å². The summed E-state index contributed by atoms with van der Waals surface area (Å²) in [5.41, 5.74) is 1.43. The van der Waals surface area contributed by atoms with E-state index in [-0.39, 0.29) is 5.91 Å². The Morgan fingerprint density at radius 1 is 1.36 bits per heavy atom. The number of aryl methyl sites for hydroxylation is 1. The SMILES string of the molecule is Cc1nc(-c2ccco2)sc1CNC(=O)c1cccc(Cl)c1. The van der Waals surface area contributed by atoms with E-state index in [0.717, 1.165) is 21.3 Å². The molecule has 0 bridgehead atoms. The first-order valence-corrected chi connectivity index (χ1v) is 7.87. The van der Waals surface area contributed by atoms with Gasteiger partial charge in [0.05, 0.1) is 18.5 Å². The van der Waals surface area contributed by atoms with E-state index in [1.54, 1.807) is 30.5 Å². The van der Waals surface area contributed by atoms with Crippen molar-refractivity contribution in [3.63, 3.8) is 0 Å². The van der Waals surface area contributed by atoms with Crippen molar-refractivity contribution in [2.24, 2.45) is 0 Å². The Kier molecular flexibility index (Phi) is 4.27. The van der Waals surface area contributed by atoms with Crippen LogP contribution in [-0.2, 0) is 6.54 Å². The lowest BCUT2D eigenvalue weighted by atomic mass is 10.2. The highest BCUT2D eigenvalue weighted by Gasteiger charge is 2.13. The predicted octanol–water partition coefficient (Wildman–Crippen LogP) is 4.29. The third kappa shape index (κ3) is 3.21. The van der Waals surface area contributed by atoms with Crippen molar-refractivity contribution in [2.75, 3.05) is 0 Å². The lowest BCUT2D eigenvalue weighted by molar-refractivity contribution is 0.0951. The Hall–Kier alpha value is -2.11. The molecule has 0 fully saturated rings. The molecule has 0 aliphatic heterocycles. The maximum atomic E-state index is 12.1. The van der Waals surface area contributed by atoms with Crippen LogP contribution >= 0.6 is 22.9 Å². The van der Waals surface area contributed by atoms with E-state index in [1.807, 2.05) is 19.1 Å². The van der Waals surface area contributed by atoms with Gasteiger partial charge in [-0.05, 0) is 37.3 Å². The van der Waals surface area contributed by atoms with Crippen LogP contribution in [-0.4, -0.2) is 10.9 Å². The van der Waals surface area contributed by atoms with Gasteiger partial charge in [0, 0.05) is 15.5 Å². The molecule has 0 unspecified atom stereocenters. The first-order valence-electron chi connectivity index (χ1n) is 6.67. The van der Waals surface area contributed by atoms with Gasteiger partial charge in [0.2, 0.25) is 0 Å². The molecule has 0 atom stereocenters.